The van der Waals surface area contributed by atoms with Crippen LogP contribution in [0.3, 0.4) is 0 Å². The third kappa shape index (κ3) is 3.74. The first-order valence-electron chi connectivity index (χ1n) is 6.63. The Bertz CT molecular complexity index is 572. The zero-order valence-corrected chi connectivity index (χ0v) is 12.3. The molecule has 2 N–H and O–H groups in total. The highest BCUT2D eigenvalue weighted by Gasteiger charge is 2.03. The zero-order valence-electron chi connectivity index (χ0n) is 11.5. The van der Waals surface area contributed by atoms with Crippen molar-refractivity contribution in [1.82, 2.24) is 0 Å². The van der Waals surface area contributed by atoms with Gasteiger partial charge in [0.05, 0.1) is 0 Å². The Balaban J connectivity index is 2.12. The average Bonchev–Trinajstić information content (AvgIpc) is 2.44. The summed E-state index contributed by atoms with van der Waals surface area (Å²) in [6.07, 6.45) is 1.02. The van der Waals surface area contributed by atoms with Gasteiger partial charge in [-0.2, -0.15) is 0 Å². The summed E-state index contributed by atoms with van der Waals surface area (Å²) in [5.74, 6) is 0.868. The van der Waals surface area contributed by atoms with Crippen LogP contribution in [0.5, 0.6) is 0 Å². The predicted molar refractivity (Wildman–Crippen MR) is 86.6 cm³/mol. The first-order valence-corrected chi connectivity index (χ1v) is 7.62. The molecule has 2 aromatic carbocycles. The molecular formula is C16H20N2S. The van der Waals surface area contributed by atoms with E-state index in [1.807, 2.05) is 0 Å². The van der Waals surface area contributed by atoms with Crippen molar-refractivity contribution < 1.29 is 0 Å². The smallest absolute Gasteiger partial charge is 0.154 e. The Morgan fingerprint density at radius 3 is 2.74 bits per heavy atom. The Hall–Kier alpha value is -1.48. The second-order valence-electron chi connectivity index (χ2n) is 4.65. The van der Waals surface area contributed by atoms with E-state index in [1.165, 1.54) is 16.3 Å². The first-order chi connectivity index (χ1) is 9.20. The van der Waals surface area contributed by atoms with Gasteiger partial charge in [0.2, 0.25) is 0 Å². The van der Waals surface area contributed by atoms with Crippen molar-refractivity contribution in [3.05, 3.63) is 48.0 Å². The van der Waals surface area contributed by atoms with E-state index < -0.39 is 0 Å². The number of hydrogen-bond acceptors (Lipinski definition) is 2. The highest BCUT2D eigenvalue weighted by Crippen LogP contribution is 2.22. The van der Waals surface area contributed by atoms with Gasteiger partial charge in [-0.05, 0) is 29.7 Å². The number of thioether (sulfide) groups is 1. The molecule has 0 aliphatic rings. The van der Waals surface area contributed by atoms with Gasteiger partial charge in [0.15, 0.2) is 5.17 Å². The molecule has 0 aromatic heterocycles. The van der Waals surface area contributed by atoms with E-state index >= 15 is 0 Å². The summed E-state index contributed by atoms with van der Waals surface area (Å²) in [6, 6.07) is 15.1. The second-order valence-corrected chi connectivity index (χ2v) is 5.65. The lowest BCUT2D eigenvalue weighted by Crippen LogP contribution is -2.11. The topological polar surface area (TPSA) is 38.4 Å². The van der Waals surface area contributed by atoms with Gasteiger partial charge in [0.1, 0.15) is 0 Å². The summed E-state index contributed by atoms with van der Waals surface area (Å²) >= 11 is 1.62. The maximum Gasteiger partial charge on any atom is 0.154 e. The highest BCUT2D eigenvalue weighted by molar-refractivity contribution is 8.13. The molecule has 0 aliphatic carbocycles. The summed E-state index contributed by atoms with van der Waals surface area (Å²) in [6.45, 7) is 4.21. The SMILES string of the molecule is CC[C@@H](C)N=C(N)SCc1cccc2ccccc12. The molecule has 0 saturated heterocycles. The van der Waals surface area contributed by atoms with Crippen LogP contribution in [-0.4, -0.2) is 11.2 Å². The molecule has 0 spiro atoms. The van der Waals surface area contributed by atoms with Crippen LogP contribution >= 0.6 is 11.8 Å². The first kappa shape index (κ1) is 13.9. The number of hydrogen-bond donors (Lipinski definition) is 1. The Labute approximate surface area is 119 Å². The second kappa shape index (κ2) is 6.62. The van der Waals surface area contributed by atoms with Gasteiger partial charge in [-0.1, -0.05) is 61.2 Å². The lowest BCUT2D eigenvalue weighted by atomic mass is 10.1. The molecular weight excluding hydrogens is 252 g/mol. The fourth-order valence-electron chi connectivity index (χ4n) is 1.92. The molecule has 2 aromatic rings. The molecule has 0 bridgehead atoms. The van der Waals surface area contributed by atoms with E-state index in [1.54, 1.807) is 11.8 Å². The van der Waals surface area contributed by atoms with Crippen molar-refractivity contribution in [1.29, 1.82) is 0 Å². The average molecular weight is 272 g/mol. The number of nitrogens with zero attached hydrogens (tertiary/aromatic N) is 1. The minimum atomic E-state index is 0.306. The van der Waals surface area contributed by atoms with E-state index in [2.05, 4.69) is 61.3 Å². The fourth-order valence-corrected chi connectivity index (χ4v) is 2.73. The quantitative estimate of drug-likeness (QED) is 0.669. The van der Waals surface area contributed by atoms with Gasteiger partial charge in [-0.3, -0.25) is 4.99 Å². The van der Waals surface area contributed by atoms with Gasteiger partial charge in [0.25, 0.3) is 0 Å². The summed E-state index contributed by atoms with van der Waals surface area (Å²) < 4.78 is 0. The zero-order chi connectivity index (χ0) is 13.7. The van der Waals surface area contributed by atoms with Crippen LogP contribution in [0.1, 0.15) is 25.8 Å². The Morgan fingerprint density at radius 1 is 1.21 bits per heavy atom. The summed E-state index contributed by atoms with van der Waals surface area (Å²) in [5, 5.41) is 3.26. The molecule has 100 valence electrons. The van der Waals surface area contributed by atoms with Gasteiger partial charge in [-0.25, -0.2) is 0 Å². The number of fused-ring (bicyclic) bond motifs is 1. The molecule has 3 heteroatoms. The minimum Gasteiger partial charge on any atom is -0.379 e. The summed E-state index contributed by atoms with van der Waals surface area (Å²) in [5.41, 5.74) is 7.27. The lowest BCUT2D eigenvalue weighted by Gasteiger charge is -2.07. The lowest BCUT2D eigenvalue weighted by molar-refractivity contribution is 0.718. The van der Waals surface area contributed by atoms with E-state index in [9.17, 15) is 0 Å². The third-order valence-electron chi connectivity index (χ3n) is 3.19. The number of amidine groups is 1. The van der Waals surface area contributed by atoms with Crippen LogP contribution in [-0.2, 0) is 5.75 Å². The molecule has 19 heavy (non-hydrogen) atoms. The van der Waals surface area contributed by atoms with Crippen molar-refractivity contribution in [2.24, 2.45) is 10.7 Å². The molecule has 0 radical (unpaired) electrons. The normalized spacial score (nSPS) is 13.7. The fraction of sp³-hybridized carbons (Fsp3) is 0.312. The van der Waals surface area contributed by atoms with Crippen LogP contribution in [0.2, 0.25) is 0 Å². The molecule has 0 aliphatic heterocycles. The van der Waals surface area contributed by atoms with Crippen LogP contribution in [0.4, 0.5) is 0 Å². The van der Waals surface area contributed by atoms with Crippen molar-refractivity contribution >= 4 is 27.7 Å². The third-order valence-corrected chi connectivity index (χ3v) is 4.05. The highest BCUT2D eigenvalue weighted by atomic mass is 32.2. The molecule has 0 amide bonds. The number of rotatable bonds is 4. The van der Waals surface area contributed by atoms with Crippen molar-refractivity contribution in [3.8, 4) is 0 Å². The standard InChI is InChI=1S/C16H20N2S/c1-3-12(2)18-16(17)19-11-14-9-6-8-13-7-4-5-10-15(13)14/h4-10,12H,3,11H2,1-2H3,(H2,17,18)/t12-/m1/s1. The van der Waals surface area contributed by atoms with Crippen LogP contribution in [0, 0.1) is 0 Å². The van der Waals surface area contributed by atoms with Crippen LogP contribution < -0.4 is 5.73 Å². The number of benzene rings is 2. The largest absolute Gasteiger partial charge is 0.379 e. The van der Waals surface area contributed by atoms with Crippen molar-refractivity contribution in [3.63, 3.8) is 0 Å². The molecule has 2 rings (SSSR count). The van der Waals surface area contributed by atoms with E-state index in [0.29, 0.717) is 11.2 Å². The minimum absolute atomic E-state index is 0.306. The molecule has 0 saturated carbocycles. The number of nitrogens with two attached hydrogens (primary N) is 1. The maximum absolute atomic E-state index is 5.96. The molecule has 0 unspecified atom stereocenters. The van der Waals surface area contributed by atoms with Crippen LogP contribution in [0.15, 0.2) is 47.5 Å². The van der Waals surface area contributed by atoms with Crippen LogP contribution in [0.25, 0.3) is 10.8 Å². The Morgan fingerprint density at radius 2 is 1.95 bits per heavy atom. The monoisotopic (exact) mass is 272 g/mol. The predicted octanol–water partition coefficient (Wildman–Crippen LogP) is 4.19. The molecule has 1 atom stereocenters. The van der Waals surface area contributed by atoms with Gasteiger partial charge < -0.3 is 5.73 Å². The molecule has 2 nitrogen and oxygen atoms in total. The maximum atomic E-state index is 5.96. The van der Waals surface area contributed by atoms with Gasteiger partial charge in [-0.15, -0.1) is 0 Å². The Kier molecular flexibility index (Phi) is 4.86. The summed E-state index contributed by atoms with van der Waals surface area (Å²) in [7, 11) is 0. The van der Waals surface area contributed by atoms with Gasteiger partial charge >= 0.3 is 0 Å². The van der Waals surface area contributed by atoms with E-state index in [-0.39, 0.29) is 0 Å². The molecule has 0 heterocycles. The van der Waals surface area contributed by atoms with Crippen molar-refractivity contribution in [2.45, 2.75) is 32.1 Å². The summed E-state index contributed by atoms with van der Waals surface area (Å²) in [4.78, 5) is 4.45. The number of aliphatic imine (C=N–C) groups is 1. The molecule has 0 fully saturated rings. The van der Waals surface area contributed by atoms with Crippen molar-refractivity contribution in [2.75, 3.05) is 0 Å². The van der Waals surface area contributed by atoms with E-state index in [4.69, 9.17) is 5.73 Å². The van der Waals surface area contributed by atoms with Gasteiger partial charge in [0, 0.05) is 11.8 Å². The van der Waals surface area contributed by atoms with E-state index in [0.717, 1.165) is 12.2 Å².